The summed E-state index contributed by atoms with van der Waals surface area (Å²) in [5.41, 5.74) is 0.330. The molecular weight excluding hydrogens is 1190 g/mol. The van der Waals surface area contributed by atoms with Gasteiger partial charge in [-0.05, 0) is 85.6 Å². The number of rotatable bonds is 14. The molecule has 0 bridgehead atoms. The third kappa shape index (κ3) is 15.5. The van der Waals surface area contributed by atoms with Crippen LogP contribution < -0.4 is 150 Å². The van der Waals surface area contributed by atoms with E-state index in [2.05, 4.69) is 31.9 Å². The summed E-state index contributed by atoms with van der Waals surface area (Å²) in [6.45, 7) is 3.23. The largest absolute Gasteiger partial charge is 1.00 e. The van der Waals surface area contributed by atoms with Crippen molar-refractivity contribution >= 4 is 126 Å². The van der Waals surface area contributed by atoms with E-state index >= 15 is 0 Å². The van der Waals surface area contributed by atoms with Gasteiger partial charge in [0.15, 0.2) is 0 Å². The molecule has 6 amide bonds. The van der Waals surface area contributed by atoms with Crippen molar-refractivity contribution in [3.8, 4) is 0 Å². The Morgan fingerprint density at radius 2 is 0.732 bits per heavy atom. The number of amides is 6. The molecule has 6 N–H and O–H groups in total. The first-order chi connectivity index (χ1) is 36.4. The minimum absolute atomic E-state index is 0. The topological polar surface area (TPSA) is 396 Å². The molecule has 6 aromatic carbocycles. The van der Waals surface area contributed by atoms with Crippen LogP contribution in [0, 0.1) is 13.8 Å². The summed E-state index contributed by atoms with van der Waals surface area (Å²) >= 11 is 0. The van der Waals surface area contributed by atoms with Crippen molar-refractivity contribution in [2.24, 2.45) is 14.1 Å². The molecule has 82 heavy (non-hydrogen) atoms. The van der Waals surface area contributed by atoms with Crippen molar-refractivity contribution < 1.29 is 194 Å². The van der Waals surface area contributed by atoms with E-state index in [1.165, 1.54) is 84.2 Å². The fourth-order valence-corrected chi connectivity index (χ4v) is 11.4. The number of nitrogens with one attached hydrogen (secondary N) is 6. The molecule has 0 spiro atoms. The van der Waals surface area contributed by atoms with Crippen LogP contribution in [0.5, 0.6) is 0 Å². The summed E-state index contributed by atoms with van der Waals surface area (Å²) in [5, 5.41) is 13.6. The van der Waals surface area contributed by atoms with E-state index in [4.69, 9.17) is 0 Å². The van der Waals surface area contributed by atoms with Gasteiger partial charge in [0.05, 0.1) is 42.3 Å². The molecule has 0 unspecified atom stereocenters. The van der Waals surface area contributed by atoms with Crippen LogP contribution in [0.4, 0.5) is 38.9 Å². The van der Waals surface area contributed by atoms with Crippen molar-refractivity contribution in [2.75, 3.05) is 31.9 Å². The van der Waals surface area contributed by atoms with Crippen LogP contribution >= 0.6 is 0 Å². The molecule has 25 nitrogen and oxygen atoms in total. The summed E-state index contributed by atoms with van der Waals surface area (Å²) in [7, 11) is -17.9. The smallest absolute Gasteiger partial charge is 0.744 e. The first-order valence-corrected chi connectivity index (χ1v) is 27.8. The average Bonchev–Trinajstić information content (AvgIpc) is 3.56. The number of fused-ring (bicyclic) bond motifs is 2. The van der Waals surface area contributed by atoms with E-state index in [-0.39, 0.29) is 174 Å². The average molecular weight is 1230 g/mol. The Morgan fingerprint density at radius 3 is 1.06 bits per heavy atom. The van der Waals surface area contributed by atoms with Crippen LogP contribution in [0.15, 0.2) is 141 Å². The molecule has 8 aromatic rings. The Morgan fingerprint density at radius 1 is 0.390 bits per heavy atom. The Bertz CT molecular complexity index is 4130. The number of carbonyl (C=O) groups excluding carboxylic acids is 5. The third-order valence-corrected chi connectivity index (χ3v) is 15.6. The van der Waals surface area contributed by atoms with Gasteiger partial charge in [-0.1, -0.05) is 48.5 Å². The number of aryl methyl sites for hydroxylation is 4. The zero-order valence-electron chi connectivity index (χ0n) is 44.5. The molecular formula is C49H38N8Na4O17S4. The second kappa shape index (κ2) is 27.1. The first kappa shape index (κ1) is 69.7. The fraction of sp³-hybridized carbons (Fsp3) is 0.0816. The molecule has 33 heteroatoms. The maximum absolute atomic E-state index is 13.6. The Hall–Kier alpha value is -4.81. The molecule has 2 heterocycles. The van der Waals surface area contributed by atoms with E-state index in [1.807, 2.05) is 0 Å². The number of aromatic nitrogens is 2. The number of urea groups is 1. The van der Waals surface area contributed by atoms with E-state index in [0.29, 0.717) is 11.1 Å². The van der Waals surface area contributed by atoms with Gasteiger partial charge in [0.25, 0.3) is 23.6 Å². The number of hydrogen-bond acceptors (Lipinski definition) is 17. The van der Waals surface area contributed by atoms with Gasteiger partial charge in [-0.2, -0.15) is 0 Å². The van der Waals surface area contributed by atoms with Crippen molar-refractivity contribution in [3.63, 3.8) is 0 Å². The Labute approximate surface area is 556 Å². The zero-order chi connectivity index (χ0) is 57.0. The van der Waals surface area contributed by atoms with Crippen LogP contribution in [0.3, 0.4) is 0 Å². The predicted octanol–water partition coefficient (Wildman–Crippen LogP) is -6.43. The minimum atomic E-state index is -5.38. The molecule has 0 radical (unpaired) electrons. The molecule has 0 saturated carbocycles. The number of carbonyl (C=O) groups is 5. The van der Waals surface area contributed by atoms with Crippen LogP contribution in [-0.4, -0.2) is 90.7 Å². The van der Waals surface area contributed by atoms with Gasteiger partial charge in [-0.3, -0.25) is 19.2 Å². The van der Waals surface area contributed by atoms with Crippen molar-refractivity contribution in [1.29, 1.82) is 0 Å². The van der Waals surface area contributed by atoms with Gasteiger partial charge in [-0.15, -0.1) is 0 Å². The molecule has 2 aromatic heterocycles. The van der Waals surface area contributed by atoms with Crippen LogP contribution in [0.2, 0.25) is 0 Å². The minimum Gasteiger partial charge on any atom is -0.744 e. The summed E-state index contributed by atoms with van der Waals surface area (Å²) < 4.78 is 148. The SMILES string of the molecule is Cc1ccc(C(=O)Nc2ccc3c(S(=O)(=O)[O-])cccc3c2S(=O)(=O)[O-])cc1NC(=O)c1cc(NC(=O)Nc2cc(C(=O)Nc3cc(C(=O)Nc4ccc5c(S(=O)(=O)[O-])cccc5c4S(=O)(=O)[O-])ccc3C)n(C)c2)cn1C.[Na+].[Na+].[Na+].[Na+]. The molecule has 0 saturated heterocycles. The molecule has 0 aliphatic rings. The summed E-state index contributed by atoms with van der Waals surface area (Å²) in [5.74, 6) is -3.26. The van der Waals surface area contributed by atoms with Gasteiger partial charge in [0.1, 0.15) is 51.9 Å². The number of anilines is 6. The number of hydrogen-bond donors (Lipinski definition) is 6. The maximum atomic E-state index is 13.6. The quantitative estimate of drug-likeness (QED) is 0.0436. The monoisotopic (exact) mass is 1230 g/mol. The molecule has 404 valence electrons. The van der Waals surface area contributed by atoms with E-state index in [1.54, 1.807) is 13.8 Å². The van der Waals surface area contributed by atoms with Crippen molar-refractivity contribution in [1.82, 2.24) is 9.13 Å². The summed E-state index contributed by atoms with van der Waals surface area (Å²) in [6.07, 6.45) is 2.83. The molecule has 0 fully saturated rings. The summed E-state index contributed by atoms with van der Waals surface area (Å²) in [6, 6.07) is 20.3. The standard InChI is InChI=1S/C49H42N8O17S4.4Na/c1-25-11-13-27(45(58)52-35-17-15-31-33(43(35)77(69,70)71)7-5-9-41(31)75(63,64)65)19-37(25)54-47(60)39-21-29(23-56(39)3)50-49(62)51-30-22-40(57(4)24-30)48(61)55-38-20-28(14-12-26(38)2)46(59)53-36-18-16-32-34(44(36)78(72,73)74)8-6-10-42(32)76(66,67)68;;;;/h5-24H,1-4H3,(H,52,58)(H,53,59)(H,54,60)(H,55,61)(H2,50,51,62)(H,63,64,65)(H,66,67,68)(H,69,70,71)(H,72,73,74);;;;/q;4*+1/p-4. The molecule has 0 aliphatic carbocycles. The normalized spacial score (nSPS) is 11.4. The maximum Gasteiger partial charge on any atom is 1.00 e. The van der Waals surface area contributed by atoms with Gasteiger partial charge in [-0.25, -0.2) is 38.5 Å². The van der Waals surface area contributed by atoms with Crippen molar-refractivity contribution in [2.45, 2.75) is 33.4 Å². The second-order valence-electron chi connectivity index (χ2n) is 17.3. The fourth-order valence-electron chi connectivity index (χ4n) is 8.34. The summed E-state index contributed by atoms with van der Waals surface area (Å²) in [4.78, 5) is 63.8. The van der Waals surface area contributed by atoms with Gasteiger partial charge in [0, 0.05) is 70.5 Å². The van der Waals surface area contributed by atoms with Gasteiger partial charge >= 0.3 is 124 Å². The first-order valence-electron chi connectivity index (χ1n) is 22.2. The Kier molecular flexibility index (Phi) is 23.0. The van der Waals surface area contributed by atoms with Crippen LogP contribution in [-0.2, 0) is 54.6 Å². The zero-order valence-corrected chi connectivity index (χ0v) is 55.8. The second-order valence-corrected chi connectivity index (χ2v) is 22.6. The van der Waals surface area contributed by atoms with Gasteiger partial charge < -0.3 is 59.2 Å². The number of benzene rings is 6. The third-order valence-electron chi connectivity index (χ3n) is 12.0. The molecule has 8 rings (SSSR count). The van der Waals surface area contributed by atoms with E-state index in [9.17, 15) is 75.9 Å². The molecule has 0 atom stereocenters. The van der Waals surface area contributed by atoms with Gasteiger partial charge in [0.2, 0.25) is 0 Å². The van der Waals surface area contributed by atoms with Crippen molar-refractivity contribution in [3.05, 3.63) is 155 Å². The molecule has 0 aliphatic heterocycles. The number of nitrogens with zero attached hydrogens (tertiary/aromatic N) is 2. The van der Waals surface area contributed by atoms with Crippen LogP contribution in [0.25, 0.3) is 21.5 Å². The predicted molar refractivity (Wildman–Crippen MR) is 277 cm³/mol. The van der Waals surface area contributed by atoms with E-state index < -0.39 is 112 Å². The van der Waals surface area contributed by atoms with Crippen LogP contribution in [0.1, 0.15) is 52.8 Å². The van der Waals surface area contributed by atoms with E-state index in [0.717, 1.165) is 60.7 Å². The Balaban J connectivity index is 0.00000361.